The molecule has 2 aliphatic carbocycles. The molecule has 2 saturated carbocycles. The van der Waals surface area contributed by atoms with E-state index in [-0.39, 0.29) is 36.4 Å². The molecule has 2 amide bonds. The third kappa shape index (κ3) is 2.55. The Labute approximate surface area is 119 Å². The first-order valence-electron chi connectivity index (χ1n) is 7.94. The van der Waals surface area contributed by atoms with E-state index in [0.717, 1.165) is 51.5 Å². The van der Waals surface area contributed by atoms with Gasteiger partial charge in [-0.25, -0.2) is 0 Å². The second-order valence-electron chi connectivity index (χ2n) is 6.30. The number of hydrogen-bond acceptors (Lipinski definition) is 3. The number of hydrogen-bond donors (Lipinski definition) is 1. The van der Waals surface area contributed by atoms with Gasteiger partial charge in [-0.15, -0.1) is 0 Å². The molecule has 1 unspecified atom stereocenters. The Morgan fingerprint density at radius 3 is 2.40 bits per heavy atom. The molecule has 0 aromatic heterocycles. The molecule has 0 bridgehead atoms. The molecule has 20 heavy (non-hydrogen) atoms. The Kier molecular flexibility index (Phi) is 3.96. The van der Waals surface area contributed by atoms with E-state index in [1.165, 1.54) is 0 Å². The van der Waals surface area contributed by atoms with Crippen LogP contribution in [0.3, 0.4) is 0 Å². The van der Waals surface area contributed by atoms with Gasteiger partial charge in [0.2, 0.25) is 11.8 Å². The van der Waals surface area contributed by atoms with E-state index < -0.39 is 0 Å². The monoisotopic (exact) mass is 280 g/mol. The van der Waals surface area contributed by atoms with E-state index in [1.807, 2.05) is 9.80 Å². The molecule has 3 aliphatic rings. The van der Waals surface area contributed by atoms with E-state index in [9.17, 15) is 14.7 Å². The molecule has 1 atom stereocenters. The molecule has 0 aromatic carbocycles. The standard InChI is InChI=1S/C15H24N2O3/c18-10-9-16(12-3-1-4-12)15(20)13-5-2-8-17(13)14(19)11-6-7-11/h11-13,18H,1-10H2. The smallest absolute Gasteiger partial charge is 0.245 e. The van der Waals surface area contributed by atoms with Crippen LogP contribution in [-0.4, -0.2) is 58.5 Å². The minimum atomic E-state index is -0.268. The highest BCUT2D eigenvalue weighted by atomic mass is 16.3. The third-order valence-corrected chi connectivity index (χ3v) is 4.89. The summed E-state index contributed by atoms with van der Waals surface area (Å²) < 4.78 is 0. The normalized spacial score (nSPS) is 26.4. The van der Waals surface area contributed by atoms with Gasteiger partial charge >= 0.3 is 0 Å². The molecule has 1 saturated heterocycles. The van der Waals surface area contributed by atoms with Crippen LogP contribution >= 0.6 is 0 Å². The number of carbonyl (C=O) groups excluding carboxylic acids is 2. The molecule has 1 heterocycles. The van der Waals surface area contributed by atoms with Gasteiger partial charge in [-0.1, -0.05) is 0 Å². The van der Waals surface area contributed by atoms with Crippen LogP contribution in [0.4, 0.5) is 0 Å². The minimum absolute atomic E-state index is 0.00549. The second kappa shape index (κ2) is 5.72. The first-order chi connectivity index (χ1) is 9.72. The first-order valence-corrected chi connectivity index (χ1v) is 7.94. The van der Waals surface area contributed by atoms with Crippen molar-refractivity contribution in [2.45, 2.75) is 57.0 Å². The average Bonchev–Trinajstić information content (AvgIpc) is 3.12. The molecule has 0 spiro atoms. The van der Waals surface area contributed by atoms with Gasteiger partial charge < -0.3 is 14.9 Å². The van der Waals surface area contributed by atoms with Crippen LogP contribution in [0.15, 0.2) is 0 Å². The van der Waals surface area contributed by atoms with Crippen LogP contribution < -0.4 is 0 Å². The molecule has 112 valence electrons. The number of rotatable bonds is 5. The Morgan fingerprint density at radius 2 is 1.85 bits per heavy atom. The highest BCUT2D eigenvalue weighted by Gasteiger charge is 2.43. The van der Waals surface area contributed by atoms with Crippen LogP contribution in [0.25, 0.3) is 0 Å². The highest BCUT2D eigenvalue weighted by Crippen LogP contribution is 2.34. The Morgan fingerprint density at radius 1 is 1.10 bits per heavy atom. The van der Waals surface area contributed by atoms with Crippen molar-refractivity contribution in [2.24, 2.45) is 5.92 Å². The van der Waals surface area contributed by atoms with Gasteiger partial charge in [0.15, 0.2) is 0 Å². The van der Waals surface area contributed by atoms with Crippen molar-refractivity contribution in [1.29, 1.82) is 0 Å². The zero-order valence-electron chi connectivity index (χ0n) is 12.0. The van der Waals surface area contributed by atoms with Crippen LogP contribution in [0.5, 0.6) is 0 Å². The molecule has 5 nitrogen and oxygen atoms in total. The predicted molar refractivity (Wildman–Crippen MR) is 73.9 cm³/mol. The fourth-order valence-electron chi connectivity index (χ4n) is 3.32. The van der Waals surface area contributed by atoms with Gasteiger partial charge in [0.25, 0.3) is 0 Å². The lowest BCUT2D eigenvalue weighted by atomic mass is 9.91. The molecule has 0 radical (unpaired) electrons. The molecule has 0 aromatic rings. The molecule has 3 fully saturated rings. The third-order valence-electron chi connectivity index (χ3n) is 4.89. The first kappa shape index (κ1) is 13.9. The van der Waals surface area contributed by atoms with Gasteiger partial charge in [-0.05, 0) is 44.9 Å². The summed E-state index contributed by atoms with van der Waals surface area (Å²) in [5.74, 6) is 0.423. The maximum absolute atomic E-state index is 12.7. The fourth-order valence-corrected chi connectivity index (χ4v) is 3.32. The zero-order chi connectivity index (χ0) is 14.1. The lowest BCUT2D eigenvalue weighted by Gasteiger charge is -2.40. The molecule has 1 N–H and O–H groups in total. The Hall–Kier alpha value is -1.10. The van der Waals surface area contributed by atoms with E-state index in [1.54, 1.807) is 0 Å². The summed E-state index contributed by atoms with van der Waals surface area (Å²) in [6.07, 6.45) is 6.91. The molecule has 5 heteroatoms. The number of aliphatic hydroxyl groups is 1. The van der Waals surface area contributed by atoms with Crippen molar-refractivity contribution in [3.63, 3.8) is 0 Å². The highest BCUT2D eigenvalue weighted by molar-refractivity contribution is 5.90. The fraction of sp³-hybridized carbons (Fsp3) is 0.867. The largest absolute Gasteiger partial charge is 0.395 e. The van der Waals surface area contributed by atoms with E-state index in [4.69, 9.17) is 0 Å². The molecule has 3 rings (SSSR count). The zero-order valence-corrected chi connectivity index (χ0v) is 12.0. The van der Waals surface area contributed by atoms with E-state index in [0.29, 0.717) is 6.54 Å². The van der Waals surface area contributed by atoms with Crippen molar-refractivity contribution in [3.05, 3.63) is 0 Å². The maximum atomic E-state index is 12.7. The Bertz CT molecular complexity index is 391. The summed E-state index contributed by atoms with van der Waals surface area (Å²) in [6, 6.07) is 0.0170. The molecular formula is C15H24N2O3. The summed E-state index contributed by atoms with van der Waals surface area (Å²) >= 11 is 0. The average molecular weight is 280 g/mol. The SMILES string of the molecule is O=C(C1CCCN1C(=O)C1CC1)N(CCO)C1CCC1. The number of likely N-dealkylation sites (tertiary alicyclic amines) is 1. The van der Waals surface area contributed by atoms with Crippen molar-refractivity contribution in [3.8, 4) is 0 Å². The number of carbonyl (C=O) groups is 2. The summed E-state index contributed by atoms with van der Waals surface area (Å²) in [5, 5.41) is 9.20. The maximum Gasteiger partial charge on any atom is 0.245 e. The number of amides is 2. The van der Waals surface area contributed by atoms with Crippen LogP contribution in [0.2, 0.25) is 0 Å². The summed E-state index contributed by atoms with van der Waals surface area (Å²) in [7, 11) is 0. The second-order valence-corrected chi connectivity index (χ2v) is 6.30. The number of nitrogens with zero attached hydrogens (tertiary/aromatic N) is 2. The van der Waals surface area contributed by atoms with E-state index >= 15 is 0 Å². The lowest BCUT2D eigenvalue weighted by molar-refractivity contribution is -0.147. The summed E-state index contributed by atoms with van der Waals surface area (Å²) in [5.41, 5.74) is 0. The predicted octanol–water partition coefficient (Wildman–Crippen LogP) is 0.761. The molecular weight excluding hydrogens is 256 g/mol. The summed E-state index contributed by atoms with van der Waals surface area (Å²) in [6.45, 7) is 1.14. The van der Waals surface area contributed by atoms with E-state index in [2.05, 4.69) is 0 Å². The quantitative estimate of drug-likeness (QED) is 0.809. The minimum Gasteiger partial charge on any atom is -0.395 e. The van der Waals surface area contributed by atoms with Crippen molar-refractivity contribution >= 4 is 11.8 Å². The van der Waals surface area contributed by atoms with Gasteiger partial charge in [0.1, 0.15) is 6.04 Å². The number of aliphatic hydroxyl groups excluding tert-OH is 1. The van der Waals surface area contributed by atoms with Crippen LogP contribution in [-0.2, 0) is 9.59 Å². The van der Waals surface area contributed by atoms with Crippen molar-refractivity contribution in [2.75, 3.05) is 19.7 Å². The topological polar surface area (TPSA) is 60.9 Å². The van der Waals surface area contributed by atoms with Gasteiger partial charge in [0.05, 0.1) is 6.61 Å². The van der Waals surface area contributed by atoms with Crippen LogP contribution in [0.1, 0.15) is 44.9 Å². The van der Waals surface area contributed by atoms with Gasteiger partial charge in [-0.3, -0.25) is 9.59 Å². The molecule has 1 aliphatic heterocycles. The van der Waals surface area contributed by atoms with Crippen molar-refractivity contribution < 1.29 is 14.7 Å². The lowest BCUT2D eigenvalue weighted by Crippen LogP contribution is -2.53. The van der Waals surface area contributed by atoms with Gasteiger partial charge in [0, 0.05) is 25.0 Å². The van der Waals surface area contributed by atoms with Crippen LogP contribution in [0, 0.1) is 5.92 Å². The summed E-state index contributed by atoms with van der Waals surface area (Å²) in [4.78, 5) is 28.6. The Balaban J connectivity index is 1.68. The van der Waals surface area contributed by atoms with Crippen molar-refractivity contribution in [1.82, 2.24) is 9.80 Å². The van der Waals surface area contributed by atoms with Gasteiger partial charge in [-0.2, -0.15) is 0 Å².